The van der Waals surface area contributed by atoms with Crippen LogP contribution in [0.15, 0.2) is 59.7 Å². The van der Waals surface area contributed by atoms with Crippen molar-refractivity contribution >= 4 is 29.2 Å². The monoisotopic (exact) mass is 376 g/mol. The second-order valence-corrected chi connectivity index (χ2v) is 7.91. The topological polar surface area (TPSA) is 56.7 Å². The molecule has 3 rings (SSSR count). The second-order valence-electron chi connectivity index (χ2n) is 7.91. The van der Waals surface area contributed by atoms with E-state index in [1.807, 2.05) is 36.4 Å². The highest BCUT2D eigenvalue weighted by Crippen LogP contribution is 2.40. The molecule has 146 valence electrons. The zero-order valence-corrected chi connectivity index (χ0v) is 17.2. The minimum atomic E-state index is -0.371. The van der Waals surface area contributed by atoms with E-state index in [4.69, 9.17) is 0 Å². The quantitative estimate of drug-likeness (QED) is 0.565. The Morgan fingerprint density at radius 1 is 1.14 bits per heavy atom. The lowest BCUT2D eigenvalue weighted by Crippen LogP contribution is -2.49. The van der Waals surface area contributed by atoms with Crippen molar-refractivity contribution in [2.75, 3.05) is 10.2 Å². The van der Waals surface area contributed by atoms with Gasteiger partial charge in [-0.1, -0.05) is 30.3 Å². The molecule has 2 N–H and O–H groups in total. The van der Waals surface area contributed by atoms with Gasteiger partial charge in [0.1, 0.15) is 0 Å². The molecule has 28 heavy (non-hydrogen) atoms. The lowest BCUT2D eigenvalue weighted by molar-refractivity contribution is 0.252. The minimum Gasteiger partial charge on any atom is -0.360 e. The van der Waals surface area contributed by atoms with Gasteiger partial charge in [-0.05, 0) is 70.0 Å². The van der Waals surface area contributed by atoms with Crippen molar-refractivity contribution in [2.24, 2.45) is 5.10 Å². The molecule has 1 aliphatic rings. The number of nitrogens with one attached hydrogen (secondary N) is 2. The van der Waals surface area contributed by atoms with Crippen molar-refractivity contribution < 1.29 is 4.79 Å². The number of benzene rings is 2. The van der Waals surface area contributed by atoms with Gasteiger partial charge in [0, 0.05) is 23.0 Å². The summed E-state index contributed by atoms with van der Waals surface area (Å²) in [7, 11) is 0. The van der Waals surface area contributed by atoms with Gasteiger partial charge in [-0.25, -0.2) is 10.2 Å². The summed E-state index contributed by atoms with van der Waals surface area (Å²) in [6.07, 6.45) is 3.97. The van der Waals surface area contributed by atoms with Crippen LogP contribution in [0.5, 0.6) is 0 Å². The largest absolute Gasteiger partial charge is 0.360 e. The number of amides is 2. The van der Waals surface area contributed by atoms with Gasteiger partial charge in [0.15, 0.2) is 0 Å². The molecule has 0 fully saturated rings. The van der Waals surface area contributed by atoms with Crippen LogP contribution in [0.1, 0.15) is 45.7 Å². The summed E-state index contributed by atoms with van der Waals surface area (Å²) in [5, 5.41) is 6.81. The zero-order valence-electron chi connectivity index (χ0n) is 17.2. The van der Waals surface area contributed by atoms with E-state index >= 15 is 0 Å². The van der Waals surface area contributed by atoms with E-state index in [0.29, 0.717) is 6.04 Å². The van der Waals surface area contributed by atoms with Crippen LogP contribution in [0.2, 0.25) is 0 Å². The van der Waals surface area contributed by atoms with Crippen LogP contribution in [0.25, 0.3) is 5.57 Å². The Labute approximate surface area is 167 Å². The molecule has 0 bridgehead atoms. The van der Waals surface area contributed by atoms with E-state index in [-0.39, 0.29) is 11.6 Å². The minimum absolute atomic E-state index is 0.0298. The molecule has 0 unspecified atom stereocenters. The van der Waals surface area contributed by atoms with E-state index in [1.54, 1.807) is 6.21 Å². The van der Waals surface area contributed by atoms with E-state index in [1.165, 1.54) is 16.8 Å². The fraction of sp³-hybridized carbons (Fsp3) is 0.304. The van der Waals surface area contributed by atoms with Crippen molar-refractivity contribution in [1.29, 1.82) is 0 Å². The van der Waals surface area contributed by atoms with Crippen LogP contribution in [-0.2, 0) is 0 Å². The Balaban J connectivity index is 1.74. The van der Waals surface area contributed by atoms with E-state index < -0.39 is 0 Å². The number of para-hydroxylation sites is 1. The molecule has 1 aliphatic heterocycles. The predicted octanol–water partition coefficient (Wildman–Crippen LogP) is 5.25. The number of rotatable bonds is 4. The number of fused-ring (bicyclic) bond motifs is 1. The first-order chi connectivity index (χ1) is 13.3. The first-order valence-electron chi connectivity index (χ1n) is 9.56. The first kappa shape index (κ1) is 19.7. The van der Waals surface area contributed by atoms with Crippen molar-refractivity contribution in [1.82, 2.24) is 5.43 Å². The summed E-state index contributed by atoms with van der Waals surface area (Å²) in [5.74, 6) is 0. The number of carbonyl (C=O) groups is 1. The number of urea groups is 1. The number of carbonyl (C=O) groups excluding carboxylic acids is 1. The molecule has 5 nitrogen and oxygen atoms in total. The molecule has 0 saturated carbocycles. The lowest BCUT2D eigenvalue weighted by atomic mass is 9.87. The number of allylic oxidation sites excluding steroid dienone is 1. The van der Waals surface area contributed by atoms with Crippen LogP contribution >= 0.6 is 0 Å². The second kappa shape index (κ2) is 7.89. The standard InChI is InChI=1S/C23H28N4O/c1-16(2)27-21-12-11-18(13-20(21)17(3)14-23(27,4)5)15-24-26-22(28)25-19-9-7-6-8-10-19/h6-16H,1-5H3,(H2,25,26,28)/b24-15-. The van der Waals surface area contributed by atoms with Gasteiger partial charge < -0.3 is 10.2 Å². The molecule has 0 saturated heterocycles. The third-order valence-corrected chi connectivity index (χ3v) is 4.82. The molecule has 0 spiro atoms. The lowest BCUT2D eigenvalue weighted by Gasteiger charge is -2.46. The molecule has 1 heterocycles. The van der Waals surface area contributed by atoms with Crippen molar-refractivity contribution in [3.8, 4) is 0 Å². The molecule has 0 aromatic heterocycles. The summed E-state index contributed by atoms with van der Waals surface area (Å²) in [6, 6.07) is 15.6. The van der Waals surface area contributed by atoms with Gasteiger partial charge in [0.2, 0.25) is 0 Å². The van der Waals surface area contributed by atoms with E-state index in [2.05, 4.69) is 73.6 Å². The molecule has 2 aromatic carbocycles. The van der Waals surface area contributed by atoms with Gasteiger partial charge in [-0.3, -0.25) is 0 Å². The predicted molar refractivity (Wildman–Crippen MR) is 118 cm³/mol. The number of hydrazone groups is 1. The van der Waals surface area contributed by atoms with Crippen LogP contribution in [0, 0.1) is 0 Å². The number of nitrogens with zero attached hydrogens (tertiary/aromatic N) is 2. The number of hydrogen-bond donors (Lipinski definition) is 2. The number of anilines is 2. The maximum atomic E-state index is 11.9. The third-order valence-electron chi connectivity index (χ3n) is 4.82. The molecule has 0 aliphatic carbocycles. The van der Waals surface area contributed by atoms with Gasteiger partial charge in [0.25, 0.3) is 0 Å². The molecule has 2 aromatic rings. The zero-order chi connectivity index (χ0) is 20.3. The average Bonchev–Trinajstić information content (AvgIpc) is 2.62. The van der Waals surface area contributed by atoms with Gasteiger partial charge >= 0.3 is 6.03 Å². The van der Waals surface area contributed by atoms with Crippen LogP contribution in [0.3, 0.4) is 0 Å². The van der Waals surface area contributed by atoms with Gasteiger partial charge in [0.05, 0.1) is 11.8 Å². The highest BCUT2D eigenvalue weighted by molar-refractivity contribution is 5.91. The van der Waals surface area contributed by atoms with Crippen LogP contribution in [-0.4, -0.2) is 23.8 Å². The summed E-state index contributed by atoms with van der Waals surface area (Å²) in [4.78, 5) is 14.4. The summed E-state index contributed by atoms with van der Waals surface area (Å²) in [6.45, 7) is 11.0. The molecule has 5 heteroatoms. The Morgan fingerprint density at radius 3 is 2.54 bits per heavy atom. The highest BCUT2D eigenvalue weighted by atomic mass is 16.2. The van der Waals surface area contributed by atoms with Crippen molar-refractivity contribution in [3.05, 3.63) is 65.7 Å². The molecular formula is C23H28N4O. The average molecular weight is 377 g/mol. The summed E-state index contributed by atoms with van der Waals surface area (Å²) in [5.41, 5.74) is 7.82. The smallest absolute Gasteiger partial charge is 0.339 e. The SMILES string of the molecule is CC1=CC(C)(C)N(C(C)C)c2ccc(/C=N\NC(=O)Nc3ccccc3)cc21. The van der Waals surface area contributed by atoms with E-state index in [9.17, 15) is 4.79 Å². The maximum Gasteiger partial charge on any atom is 0.339 e. The Morgan fingerprint density at radius 2 is 1.86 bits per heavy atom. The highest BCUT2D eigenvalue weighted by Gasteiger charge is 2.32. The van der Waals surface area contributed by atoms with Crippen LogP contribution < -0.4 is 15.6 Å². The van der Waals surface area contributed by atoms with Gasteiger partial charge in [-0.2, -0.15) is 5.10 Å². The molecule has 0 radical (unpaired) electrons. The van der Waals surface area contributed by atoms with Gasteiger partial charge in [-0.15, -0.1) is 0 Å². The van der Waals surface area contributed by atoms with Crippen LogP contribution in [0.4, 0.5) is 16.2 Å². The van der Waals surface area contributed by atoms with Crippen molar-refractivity contribution in [3.63, 3.8) is 0 Å². The fourth-order valence-electron chi connectivity index (χ4n) is 3.94. The summed E-state index contributed by atoms with van der Waals surface area (Å²) < 4.78 is 0. The van der Waals surface area contributed by atoms with Crippen molar-refractivity contribution in [2.45, 2.75) is 46.2 Å². The first-order valence-corrected chi connectivity index (χ1v) is 9.56. The molecular weight excluding hydrogens is 348 g/mol. The normalized spacial score (nSPS) is 15.4. The maximum absolute atomic E-state index is 11.9. The Kier molecular flexibility index (Phi) is 5.54. The Bertz CT molecular complexity index is 913. The Hall–Kier alpha value is -3.08. The third kappa shape index (κ3) is 4.25. The summed E-state index contributed by atoms with van der Waals surface area (Å²) >= 11 is 0. The van der Waals surface area contributed by atoms with E-state index in [0.717, 1.165) is 11.3 Å². The fourth-order valence-corrected chi connectivity index (χ4v) is 3.94. The molecule has 0 atom stereocenters. The molecule has 2 amide bonds. The number of hydrogen-bond acceptors (Lipinski definition) is 3.